The summed E-state index contributed by atoms with van der Waals surface area (Å²) < 4.78 is 19.2. The molecule has 0 heterocycles. The van der Waals surface area contributed by atoms with Crippen LogP contribution in [0.2, 0.25) is 5.02 Å². The summed E-state index contributed by atoms with van der Waals surface area (Å²) in [6.45, 7) is 1.36. The van der Waals surface area contributed by atoms with E-state index in [1.807, 2.05) is 6.07 Å². The number of carbonyl (C=O) groups excluding carboxylic acids is 2. The fourth-order valence-electron chi connectivity index (χ4n) is 1.86. The number of nitrogens with one attached hydrogen (secondary N) is 1. The molecule has 5 nitrogen and oxygen atoms in total. The van der Waals surface area contributed by atoms with E-state index in [2.05, 4.69) is 21.2 Å². The third-order valence-corrected chi connectivity index (χ3v) is 3.97. The second-order valence-corrected chi connectivity index (χ2v) is 6.29. The molecule has 0 fully saturated rings. The number of nitriles is 1. The normalized spacial score (nSPS) is 11.3. The van der Waals surface area contributed by atoms with Gasteiger partial charge in [0.25, 0.3) is 5.91 Å². The number of hydrogen-bond donors (Lipinski definition) is 1. The van der Waals surface area contributed by atoms with Gasteiger partial charge in [-0.15, -0.1) is 0 Å². The molecule has 0 aliphatic heterocycles. The predicted molar refractivity (Wildman–Crippen MR) is 93.8 cm³/mol. The Hall–Kier alpha value is -2.43. The van der Waals surface area contributed by atoms with Gasteiger partial charge in [0.1, 0.15) is 11.9 Å². The Kier molecular flexibility index (Phi) is 6.12. The Morgan fingerprint density at radius 1 is 1.32 bits per heavy atom. The molecule has 2 aromatic rings. The Bertz CT molecular complexity index is 883. The van der Waals surface area contributed by atoms with Crippen LogP contribution in [0.1, 0.15) is 22.8 Å². The Balaban J connectivity index is 2.04. The van der Waals surface area contributed by atoms with Crippen molar-refractivity contribution >= 4 is 45.1 Å². The van der Waals surface area contributed by atoms with E-state index in [1.54, 1.807) is 0 Å². The summed E-state index contributed by atoms with van der Waals surface area (Å²) in [4.78, 5) is 24.1. The molecule has 0 aliphatic rings. The van der Waals surface area contributed by atoms with Gasteiger partial charge in [-0.1, -0.05) is 27.5 Å². The van der Waals surface area contributed by atoms with Gasteiger partial charge in [0.2, 0.25) is 0 Å². The van der Waals surface area contributed by atoms with Crippen LogP contribution in [0, 0.1) is 17.1 Å². The number of esters is 1. The van der Waals surface area contributed by atoms with Crippen molar-refractivity contribution in [2.24, 2.45) is 0 Å². The molecule has 0 bridgehead atoms. The van der Waals surface area contributed by atoms with Crippen LogP contribution in [-0.2, 0) is 9.53 Å². The number of ether oxygens (including phenoxy) is 1. The number of anilines is 1. The van der Waals surface area contributed by atoms with Crippen LogP contribution in [0.5, 0.6) is 0 Å². The zero-order chi connectivity index (χ0) is 18.6. The van der Waals surface area contributed by atoms with Gasteiger partial charge in [-0.25, -0.2) is 9.18 Å². The van der Waals surface area contributed by atoms with Crippen LogP contribution in [0.4, 0.5) is 10.1 Å². The minimum absolute atomic E-state index is 0.182. The first-order valence-electron chi connectivity index (χ1n) is 6.98. The highest BCUT2D eigenvalue weighted by atomic mass is 79.9. The maximum atomic E-state index is 13.7. The molecule has 128 valence electrons. The van der Waals surface area contributed by atoms with Crippen molar-refractivity contribution in [1.82, 2.24) is 0 Å². The average molecular weight is 426 g/mol. The minimum Gasteiger partial charge on any atom is -0.449 e. The number of benzene rings is 2. The lowest BCUT2D eigenvalue weighted by Crippen LogP contribution is -2.30. The number of rotatable bonds is 4. The summed E-state index contributed by atoms with van der Waals surface area (Å²) in [5, 5.41) is 11.5. The molecule has 1 N–H and O–H groups in total. The maximum Gasteiger partial charge on any atom is 0.341 e. The molecule has 1 amide bonds. The molecule has 1 atom stereocenters. The highest BCUT2D eigenvalue weighted by Crippen LogP contribution is 2.21. The Morgan fingerprint density at radius 3 is 2.64 bits per heavy atom. The smallest absolute Gasteiger partial charge is 0.341 e. The highest BCUT2D eigenvalue weighted by Gasteiger charge is 2.21. The largest absolute Gasteiger partial charge is 0.449 e. The lowest BCUT2D eigenvalue weighted by atomic mass is 10.2. The minimum atomic E-state index is -1.16. The summed E-state index contributed by atoms with van der Waals surface area (Å²) in [6, 6.07) is 10.1. The first-order valence-corrected chi connectivity index (χ1v) is 8.15. The van der Waals surface area contributed by atoms with Crippen LogP contribution < -0.4 is 5.32 Å². The van der Waals surface area contributed by atoms with Gasteiger partial charge in [-0.3, -0.25) is 4.79 Å². The first kappa shape index (κ1) is 18.9. The van der Waals surface area contributed by atoms with Crippen LogP contribution in [0.15, 0.2) is 40.9 Å². The van der Waals surface area contributed by atoms with Crippen molar-refractivity contribution in [3.8, 4) is 6.07 Å². The molecular formula is C17H11BrClFN2O3. The second kappa shape index (κ2) is 8.10. The molecule has 0 saturated heterocycles. The van der Waals surface area contributed by atoms with Crippen LogP contribution in [-0.4, -0.2) is 18.0 Å². The summed E-state index contributed by atoms with van der Waals surface area (Å²) in [5.74, 6) is -2.33. The number of hydrogen-bond acceptors (Lipinski definition) is 4. The fraction of sp³-hybridized carbons (Fsp3) is 0.118. The van der Waals surface area contributed by atoms with Crippen molar-refractivity contribution in [3.05, 3.63) is 62.8 Å². The maximum absolute atomic E-state index is 13.7. The van der Waals surface area contributed by atoms with E-state index >= 15 is 0 Å². The van der Waals surface area contributed by atoms with Gasteiger partial charge in [0, 0.05) is 10.2 Å². The monoisotopic (exact) mass is 424 g/mol. The average Bonchev–Trinajstić information content (AvgIpc) is 2.54. The second-order valence-electron chi connectivity index (χ2n) is 4.97. The van der Waals surface area contributed by atoms with E-state index in [1.165, 1.54) is 37.3 Å². The van der Waals surface area contributed by atoms with Gasteiger partial charge in [0.15, 0.2) is 6.10 Å². The van der Waals surface area contributed by atoms with E-state index in [9.17, 15) is 14.0 Å². The molecular weight excluding hydrogens is 415 g/mol. The van der Waals surface area contributed by atoms with Gasteiger partial charge in [0.05, 0.1) is 16.1 Å². The quantitative estimate of drug-likeness (QED) is 0.741. The molecule has 0 spiro atoms. The summed E-state index contributed by atoms with van der Waals surface area (Å²) in [5.41, 5.74) is 0.334. The number of carbonyl (C=O) groups is 2. The van der Waals surface area contributed by atoms with Gasteiger partial charge in [-0.05, 0) is 43.3 Å². The van der Waals surface area contributed by atoms with Gasteiger partial charge < -0.3 is 10.1 Å². The van der Waals surface area contributed by atoms with E-state index in [-0.39, 0.29) is 16.1 Å². The van der Waals surface area contributed by atoms with E-state index in [0.717, 1.165) is 6.07 Å². The number of halogens is 3. The summed E-state index contributed by atoms with van der Waals surface area (Å²) in [7, 11) is 0. The lowest BCUT2D eigenvalue weighted by Gasteiger charge is -2.14. The molecule has 0 radical (unpaired) electrons. The molecule has 0 aromatic heterocycles. The Morgan fingerprint density at radius 2 is 2.04 bits per heavy atom. The van der Waals surface area contributed by atoms with Crippen molar-refractivity contribution in [3.63, 3.8) is 0 Å². The molecule has 25 heavy (non-hydrogen) atoms. The van der Waals surface area contributed by atoms with Crippen molar-refractivity contribution in [2.45, 2.75) is 13.0 Å². The fourth-order valence-corrected chi connectivity index (χ4v) is 2.42. The summed E-state index contributed by atoms with van der Waals surface area (Å²) >= 11 is 8.97. The summed E-state index contributed by atoms with van der Waals surface area (Å²) in [6.07, 6.45) is -1.16. The first-order chi connectivity index (χ1) is 11.8. The van der Waals surface area contributed by atoms with Crippen LogP contribution in [0.25, 0.3) is 0 Å². The van der Waals surface area contributed by atoms with E-state index in [0.29, 0.717) is 10.2 Å². The molecule has 1 unspecified atom stereocenters. The van der Waals surface area contributed by atoms with E-state index in [4.69, 9.17) is 21.6 Å². The highest BCUT2D eigenvalue weighted by molar-refractivity contribution is 9.10. The van der Waals surface area contributed by atoms with Crippen LogP contribution in [0.3, 0.4) is 0 Å². The predicted octanol–water partition coefficient (Wildman–Crippen LogP) is 4.30. The van der Waals surface area contributed by atoms with E-state index < -0.39 is 23.8 Å². The van der Waals surface area contributed by atoms with Gasteiger partial charge in [-0.2, -0.15) is 5.26 Å². The third-order valence-electron chi connectivity index (χ3n) is 3.16. The Labute approximate surface area is 156 Å². The van der Waals surface area contributed by atoms with Crippen molar-refractivity contribution in [2.75, 3.05) is 5.32 Å². The molecule has 0 aliphatic carbocycles. The third kappa shape index (κ3) is 4.78. The molecule has 8 heteroatoms. The van der Waals surface area contributed by atoms with Gasteiger partial charge >= 0.3 is 5.97 Å². The lowest BCUT2D eigenvalue weighted by molar-refractivity contribution is -0.123. The van der Waals surface area contributed by atoms with Crippen LogP contribution >= 0.6 is 27.5 Å². The number of amides is 1. The SMILES string of the molecule is CC(OC(=O)c1ccc(Br)cc1F)C(=O)Nc1ccc(C#N)c(Cl)c1. The topological polar surface area (TPSA) is 79.2 Å². The number of nitrogens with zero attached hydrogens (tertiary/aromatic N) is 1. The van der Waals surface area contributed by atoms with Crippen molar-refractivity contribution in [1.29, 1.82) is 5.26 Å². The zero-order valence-electron chi connectivity index (χ0n) is 12.8. The standard InChI is InChI=1S/C17H11BrClFN2O3/c1-9(25-17(24)13-5-3-11(18)6-15(13)20)16(23)22-12-4-2-10(8-21)14(19)7-12/h2-7,9H,1H3,(H,22,23). The molecule has 2 aromatic carbocycles. The molecule has 0 saturated carbocycles. The van der Waals surface area contributed by atoms with Crippen molar-refractivity contribution < 1.29 is 18.7 Å². The zero-order valence-corrected chi connectivity index (χ0v) is 15.2. The molecule has 2 rings (SSSR count).